The number of ether oxygens (including phenoxy) is 1. The third-order valence-electron chi connectivity index (χ3n) is 2.92. The minimum Gasteiger partial charge on any atom is -0.362 e. The zero-order valence-corrected chi connectivity index (χ0v) is 9.48. The lowest BCUT2D eigenvalue weighted by Gasteiger charge is -2.34. The molecule has 1 fully saturated rings. The topological polar surface area (TPSA) is 29.5 Å². The molecule has 1 aliphatic rings. The lowest BCUT2D eigenvalue weighted by atomic mass is 10.1. The van der Waals surface area contributed by atoms with E-state index in [1.165, 1.54) is 0 Å². The van der Waals surface area contributed by atoms with Crippen LogP contribution in [-0.4, -0.2) is 30.7 Å². The molecule has 0 saturated carbocycles. The molecule has 1 heterocycles. The second kappa shape index (κ2) is 5.12. The van der Waals surface area contributed by atoms with Gasteiger partial charge in [0, 0.05) is 19.2 Å². The van der Waals surface area contributed by atoms with Crippen LogP contribution in [0.4, 0.5) is 0 Å². The number of benzene rings is 1. The van der Waals surface area contributed by atoms with Crippen LogP contribution in [-0.2, 0) is 4.74 Å². The lowest BCUT2D eigenvalue weighted by molar-refractivity contribution is -0.0397. The summed E-state index contributed by atoms with van der Waals surface area (Å²) >= 11 is 0. The van der Waals surface area contributed by atoms with E-state index in [1.54, 1.807) is 24.1 Å². The maximum Gasteiger partial charge on any atom is 0.256 e. The van der Waals surface area contributed by atoms with E-state index in [-0.39, 0.29) is 12.1 Å². The molecular formula is C13H16NO2. The predicted octanol–water partition coefficient (Wildman–Crippen LogP) is 2.09. The van der Waals surface area contributed by atoms with Crippen LogP contribution in [0.5, 0.6) is 0 Å². The fourth-order valence-electron chi connectivity index (χ4n) is 2.06. The smallest absolute Gasteiger partial charge is 0.256 e. The summed E-state index contributed by atoms with van der Waals surface area (Å²) in [6, 6.07) is 10.2. The highest BCUT2D eigenvalue weighted by molar-refractivity contribution is 5.94. The predicted molar refractivity (Wildman–Crippen MR) is 61.0 cm³/mol. The maximum absolute atomic E-state index is 12.2. The Hall–Kier alpha value is -1.35. The average molecular weight is 218 g/mol. The first kappa shape index (κ1) is 11.1. The van der Waals surface area contributed by atoms with Crippen LogP contribution in [0.25, 0.3) is 0 Å². The minimum absolute atomic E-state index is 0.0205. The number of likely N-dealkylation sites (tertiary alicyclic amines) is 1. The van der Waals surface area contributed by atoms with Gasteiger partial charge in [-0.1, -0.05) is 18.2 Å². The second-order valence-electron chi connectivity index (χ2n) is 3.96. The summed E-state index contributed by atoms with van der Waals surface area (Å²) in [5.41, 5.74) is 0.617. The van der Waals surface area contributed by atoms with Crippen molar-refractivity contribution in [2.24, 2.45) is 0 Å². The van der Waals surface area contributed by atoms with Crippen LogP contribution >= 0.6 is 0 Å². The molecule has 1 aliphatic heterocycles. The molecule has 1 aromatic rings. The third-order valence-corrected chi connectivity index (χ3v) is 2.92. The summed E-state index contributed by atoms with van der Waals surface area (Å²) in [5.74, 6) is 0.0205. The first-order valence-corrected chi connectivity index (χ1v) is 5.63. The second-order valence-corrected chi connectivity index (χ2v) is 3.96. The number of methoxy groups -OCH3 is 1. The van der Waals surface area contributed by atoms with Gasteiger partial charge in [0.05, 0.1) is 0 Å². The molecule has 1 aromatic carbocycles. The number of nitrogens with zero attached hydrogens (tertiary/aromatic N) is 1. The van der Waals surface area contributed by atoms with Gasteiger partial charge in [-0.3, -0.25) is 4.79 Å². The Kier molecular flexibility index (Phi) is 3.57. The van der Waals surface area contributed by atoms with Crippen molar-refractivity contribution in [3.05, 3.63) is 35.9 Å². The molecule has 0 aromatic heterocycles. The minimum atomic E-state index is -0.0742. The van der Waals surface area contributed by atoms with E-state index in [2.05, 4.69) is 6.07 Å². The Labute approximate surface area is 96.0 Å². The van der Waals surface area contributed by atoms with Crippen molar-refractivity contribution in [2.45, 2.75) is 25.5 Å². The fourth-order valence-corrected chi connectivity index (χ4v) is 2.06. The first-order chi connectivity index (χ1) is 7.83. The molecule has 1 radical (unpaired) electrons. The van der Waals surface area contributed by atoms with Crippen molar-refractivity contribution in [3.63, 3.8) is 0 Å². The quantitative estimate of drug-likeness (QED) is 0.760. The van der Waals surface area contributed by atoms with E-state index in [1.807, 2.05) is 12.1 Å². The Morgan fingerprint density at radius 1 is 1.50 bits per heavy atom. The number of piperidine rings is 1. The van der Waals surface area contributed by atoms with Crippen LogP contribution in [0.3, 0.4) is 0 Å². The summed E-state index contributed by atoms with van der Waals surface area (Å²) < 4.78 is 5.34. The van der Waals surface area contributed by atoms with Crippen molar-refractivity contribution >= 4 is 5.91 Å². The van der Waals surface area contributed by atoms with Gasteiger partial charge in [-0.05, 0) is 31.4 Å². The Morgan fingerprint density at radius 3 is 3.06 bits per heavy atom. The van der Waals surface area contributed by atoms with E-state index < -0.39 is 0 Å². The van der Waals surface area contributed by atoms with Gasteiger partial charge in [-0.2, -0.15) is 0 Å². The molecule has 1 atom stereocenters. The molecule has 2 rings (SSSR count). The summed E-state index contributed by atoms with van der Waals surface area (Å²) in [4.78, 5) is 14.0. The summed E-state index contributed by atoms with van der Waals surface area (Å²) in [6.07, 6.45) is 3.03. The number of hydrogen-bond acceptors (Lipinski definition) is 2. The van der Waals surface area contributed by atoms with Crippen LogP contribution in [0, 0.1) is 6.07 Å². The average Bonchev–Trinajstić information content (AvgIpc) is 2.39. The number of hydrogen-bond donors (Lipinski definition) is 0. The lowest BCUT2D eigenvalue weighted by Crippen LogP contribution is -2.44. The molecule has 1 unspecified atom stereocenters. The molecule has 0 spiro atoms. The molecule has 0 aliphatic carbocycles. The molecule has 85 valence electrons. The van der Waals surface area contributed by atoms with Crippen LogP contribution in [0.15, 0.2) is 24.3 Å². The number of carbonyl (C=O) groups excluding carboxylic acids is 1. The molecule has 1 amide bonds. The summed E-state index contributed by atoms with van der Waals surface area (Å²) in [6.45, 7) is 0.778. The Bertz CT molecular complexity index is 350. The van der Waals surface area contributed by atoms with Crippen molar-refractivity contribution < 1.29 is 9.53 Å². The highest BCUT2D eigenvalue weighted by Gasteiger charge is 2.26. The van der Waals surface area contributed by atoms with E-state index >= 15 is 0 Å². The Balaban J connectivity index is 2.14. The van der Waals surface area contributed by atoms with Gasteiger partial charge < -0.3 is 9.64 Å². The fraction of sp³-hybridized carbons (Fsp3) is 0.462. The SMILES string of the molecule is COC1CCCCN1C(=O)c1[c]cccc1. The van der Waals surface area contributed by atoms with Gasteiger partial charge in [0.1, 0.15) is 6.23 Å². The maximum atomic E-state index is 12.2. The van der Waals surface area contributed by atoms with Crippen molar-refractivity contribution in [2.75, 3.05) is 13.7 Å². The number of carbonyl (C=O) groups is 1. The van der Waals surface area contributed by atoms with E-state index in [0.29, 0.717) is 5.56 Å². The van der Waals surface area contributed by atoms with E-state index in [4.69, 9.17) is 4.74 Å². The van der Waals surface area contributed by atoms with Crippen molar-refractivity contribution in [3.8, 4) is 0 Å². The molecule has 3 heteroatoms. The number of amides is 1. The van der Waals surface area contributed by atoms with Crippen LogP contribution < -0.4 is 0 Å². The largest absolute Gasteiger partial charge is 0.362 e. The van der Waals surface area contributed by atoms with Gasteiger partial charge in [-0.25, -0.2) is 0 Å². The van der Waals surface area contributed by atoms with Gasteiger partial charge in [-0.15, -0.1) is 0 Å². The van der Waals surface area contributed by atoms with Gasteiger partial charge in [0.15, 0.2) is 0 Å². The third kappa shape index (κ3) is 2.25. The van der Waals surface area contributed by atoms with Gasteiger partial charge >= 0.3 is 0 Å². The standard InChI is InChI=1S/C13H16NO2/c1-16-12-9-5-6-10-14(12)13(15)11-7-3-2-4-8-11/h2-4,7,12H,5-6,9-10H2,1H3. The zero-order valence-electron chi connectivity index (χ0n) is 9.48. The van der Waals surface area contributed by atoms with Gasteiger partial charge in [0.25, 0.3) is 5.91 Å². The summed E-state index contributed by atoms with van der Waals surface area (Å²) in [7, 11) is 1.66. The molecular weight excluding hydrogens is 202 g/mol. The summed E-state index contributed by atoms with van der Waals surface area (Å²) in [5, 5.41) is 0. The van der Waals surface area contributed by atoms with E-state index in [0.717, 1.165) is 25.8 Å². The molecule has 3 nitrogen and oxygen atoms in total. The van der Waals surface area contributed by atoms with Crippen LogP contribution in [0.2, 0.25) is 0 Å². The Morgan fingerprint density at radius 2 is 2.38 bits per heavy atom. The van der Waals surface area contributed by atoms with E-state index in [9.17, 15) is 4.79 Å². The molecule has 1 saturated heterocycles. The van der Waals surface area contributed by atoms with Crippen molar-refractivity contribution in [1.82, 2.24) is 4.90 Å². The molecule has 0 N–H and O–H groups in total. The molecule has 16 heavy (non-hydrogen) atoms. The van der Waals surface area contributed by atoms with Crippen LogP contribution in [0.1, 0.15) is 29.6 Å². The first-order valence-electron chi connectivity index (χ1n) is 5.63. The molecule has 0 bridgehead atoms. The normalized spacial score (nSPS) is 20.8. The highest BCUT2D eigenvalue weighted by atomic mass is 16.5. The monoisotopic (exact) mass is 218 g/mol. The zero-order chi connectivity index (χ0) is 11.4. The van der Waals surface area contributed by atoms with Crippen molar-refractivity contribution in [1.29, 1.82) is 0 Å². The number of rotatable bonds is 2. The van der Waals surface area contributed by atoms with Gasteiger partial charge in [0.2, 0.25) is 0 Å². The highest BCUT2D eigenvalue weighted by Crippen LogP contribution is 2.19.